The molecule has 2 rings (SSSR count). The quantitative estimate of drug-likeness (QED) is 0.746. The maximum Gasteiger partial charge on any atom is 0.328 e. The topological polar surface area (TPSA) is 35.6 Å². The van der Waals surface area contributed by atoms with Gasteiger partial charge in [-0.15, -0.1) is 0 Å². The number of alkyl halides is 2. The molecule has 2 heterocycles. The summed E-state index contributed by atoms with van der Waals surface area (Å²) in [5.74, 6) is -5.02. The van der Waals surface area contributed by atoms with E-state index in [0.717, 1.165) is 0 Å². The van der Waals surface area contributed by atoms with Crippen molar-refractivity contribution in [1.82, 2.24) is 15.1 Å². The Balaban J connectivity index is 2.00. The molecule has 1 amide bonds. The van der Waals surface area contributed by atoms with Crippen LogP contribution in [0.4, 0.5) is 8.78 Å². The summed E-state index contributed by atoms with van der Waals surface area (Å²) in [5, 5.41) is 3.05. The Hall–Kier alpha value is -0.750. The average molecular weight is 247 g/mol. The third kappa shape index (κ3) is 2.57. The molecule has 17 heavy (non-hydrogen) atoms. The molecular weight excluding hydrogens is 228 g/mol. The van der Waals surface area contributed by atoms with E-state index in [0.29, 0.717) is 45.7 Å². The largest absolute Gasteiger partial charge is 0.335 e. The van der Waals surface area contributed by atoms with Crippen molar-refractivity contribution in [2.75, 3.05) is 46.3 Å². The second kappa shape index (κ2) is 4.86. The van der Waals surface area contributed by atoms with Crippen molar-refractivity contribution >= 4 is 5.91 Å². The zero-order valence-corrected chi connectivity index (χ0v) is 10.1. The van der Waals surface area contributed by atoms with E-state index in [9.17, 15) is 13.6 Å². The van der Waals surface area contributed by atoms with Crippen LogP contribution in [0.15, 0.2) is 0 Å². The number of likely N-dealkylation sites (tertiary alicyclic amines) is 1. The molecule has 0 aromatic heterocycles. The van der Waals surface area contributed by atoms with Gasteiger partial charge in [0.05, 0.1) is 0 Å². The molecule has 6 heteroatoms. The Kier molecular flexibility index (Phi) is 3.63. The van der Waals surface area contributed by atoms with Gasteiger partial charge in [-0.3, -0.25) is 4.79 Å². The summed E-state index contributed by atoms with van der Waals surface area (Å²) >= 11 is 0. The molecule has 0 aromatic carbocycles. The fourth-order valence-electron chi connectivity index (χ4n) is 2.48. The number of piperazine rings is 1. The van der Waals surface area contributed by atoms with Gasteiger partial charge in [0.15, 0.2) is 0 Å². The van der Waals surface area contributed by atoms with Crippen LogP contribution < -0.4 is 5.32 Å². The summed E-state index contributed by atoms with van der Waals surface area (Å²) in [6, 6.07) is 0. The lowest BCUT2D eigenvalue weighted by Crippen LogP contribution is -2.54. The standard InChI is InChI=1S/C11H19F2N3O/c1-15-5-2-9(8-15)11(12,13)10(17)16-6-3-14-4-7-16/h9,14H,2-8H2,1H3. The second-order valence-corrected chi connectivity index (χ2v) is 4.91. The number of halogens is 2. The number of nitrogens with zero attached hydrogens (tertiary/aromatic N) is 2. The lowest BCUT2D eigenvalue weighted by molar-refractivity contribution is -0.165. The zero-order chi connectivity index (χ0) is 12.5. The Morgan fingerprint density at radius 2 is 1.94 bits per heavy atom. The van der Waals surface area contributed by atoms with Gasteiger partial charge in [-0.1, -0.05) is 0 Å². The molecule has 4 nitrogen and oxygen atoms in total. The minimum absolute atomic E-state index is 0.310. The Labute approximate surface area is 99.9 Å². The molecule has 98 valence electrons. The highest BCUT2D eigenvalue weighted by Crippen LogP contribution is 2.33. The number of hydrogen-bond donors (Lipinski definition) is 1. The van der Waals surface area contributed by atoms with E-state index in [1.165, 1.54) is 4.90 Å². The van der Waals surface area contributed by atoms with Crippen LogP contribution in [0.2, 0.25) is 0 Å². The lowest BCUT2D eigenvalue weighted by Gasteiger charge is -2.32. The molecule has 1 N–H and O–H groups in total. The van der Waals surface area contributed by atoms with E-state index in [-0.39, 0.29) is 0 Å². The SMILES string of the molecule is CN1CCC(C(F)(F)C(=O)N2CCNCC2)C1. The smallest absolute Gasteiger partial charge is 0.328 e. The molecular formula is C11H19F2N3O. The maximum absolute atomic E-state index is 14.0. The van der Waals surface area contributed by atoms with Crippen LogP contribution in [0.5, 0.6) is 0 Å². The van der Waals surface area contributed by atoms with E-state index in [4.69, 9.17) is 0 Å². The zero-order valence-electron chi connectivity index (χ0n) is 10.1. The highest BCUT2D eigenvalue weighted by Gasteiger charge is 2.50. The van der Waals surface area contributed by atoms with Crippen LogP contribution in [-0.2, 0) is 4.79 Å². The Morgan fingerprint density at radius 1 is 1.29 bits per heavy atom. The molecule has 1 unspecified atom stereocenters. The molecule has 2 aliphatic rings. The predicted molar refractivity (Wildman–Crippen MR) is 60.0 cm³/mol. The highest BCUT2D eigenvalue weighted by atomic mass is 19.3. The van der Waals surface area contributed by atoms with Gasteiger partial charge >= 0.3 is 5.92 Å². The van der Waals surface area contributed by atoms with E-state index in [1.54, 1.807) is 0 Å². The van der Waals surface area contributed by atoms with Crippen molar-refractivity contribution in [3.05, 3.63) is 0 Å². The van der Waals surface area contributed by atoms with Crippen LogP contribution in [0.3, 0.4) is 0 Å². The monoisotopic (exact) mass is 247 g/mol. The summed E-state index contributed by atoms with van der Waals surface area (Å²) < 4.78 is 28.1. The summed E-state index contributed by atoms with van der Waals surface area (Å²) in [6.07, 6.45) is 0.404. The lowest BCUT2D eigenvalue weighted by atomic mass is 9.99. The fourth-order valence-corrected chi connectivity index (χ4v) is 2.48. The number of amides is 1. The molecule has 1 atom stereocenters. The van der Waals surface area contributed by atoms with Gasteiger partial charge in [-0.2, -0.15) is 8.78 Å². The number of nitrogens with one attached hydrogen (secondary N) is 1. The average Bonchev–Trinajstić information content (AvgIpc) is 2.77. The van der Waals surface area contributed by atoms with E-state index >= 15 is 0 Å². The number of carbonyl (C=O) groups is 1. The first-order valence-electron chi connectivity index (χ1n) is 6.08. The normalized spacial score (nSPS) is 27.5. The first-order valence-corrected chi connectivity index (χ1v) is 6.08. The van der Waals surface area contributed by atoms with Crippen molar-refractivity contribution in [1.29, 1.82) is 0 Å². The van der Waals surface area contributed by atoms with Gasteiger partial charge in [0, 0.05) is 38.6 Å². The molecule has 2 fully saturated rings. The van der Waals surface area contributed by atoms with Crippen molar-refractivity contribution in [2.24, 2.45) is 5.92 Å². The molecule has 0 radical (unpaired) electrons. The second-order valence-electron chi connectivity index (χ2n) is 4.91. The Bertz CT molecular complexity index is 292. The first kappa shape index (κ1) is 12.7. The summed E-state index contributed by atoms with van der Waals surface area (Å²) in [4.78, 5) is 15.0. The number of rotatable bonds is 2. The summed E-state index contributed by atoms with van der Waals surface area (Å²) in [6.45, 7) is 2.94. The summed E-state index contributed by atoms with van der Waals surface area (Å²) in [5.41, 5.74) is 0. The van der Waals surface area contributed by atoms with Crippen LogP contribution in [-0.4, -0.2) is 67.9 Å². The molecule has 2 saturated heterocycles. The van der Waals surface area contributed by atoms with E-state index in [2.05, 4.69) is 5.32 Å². The van der Waals surface area contributed by atoms with Gasteiger partial charge < -0.3 is 15.1 Å². The summed E-state index contributed by atoms with van der Waals surface area (Å²) in [7, 11) is 1.81. The van der Waals surface area contributed by atoms with Crippen molar-refractivity contribution in [3.63, 3.8) is 0 Å². The van der Waals surface area contributed by atoms with Gasteiger partial charge in [0.2, 0.25) is 0 Å². The van der Waals surface area contributed by atoms with Gasteiger partial charge in [0.25, 0.3) is 5.91 Å². The number of hydrogen-bond acceptors (Lipinski definition) is 3. The maximum atomic E-state index is 14.0. The molecule has 0 saturated carbocycles. The third-order valence-electron chi connectivity index (χ3n) is 3.59. The van der Waals surface area contributed by atoms with Crippen molar-refractivity contribution in [3.8, 4) is 0 Å². The fraction of sp³-hybridized carbons (Fsp3) is 0.909. The van der Waals surface area contributed by atoms with Crippen LogP contribution >= 0.6 is 0 Å². The van der Waals surface area contributed by atoms with Crippen molar-refractivity contribution in [2.45, 2.75) is 12.3 Å². The van der Waals surface area contributed by atoms with E-state index in [1.807, 2.05) is 11.9 Å². The molecule has 2 aliphatic heterocycles. The highest BCUT2D eigenvalue weighted by molar-refractivity contribution is 5.84. The molecule has 0 spiro atoms. The minimum atomic E-state index is -3.21. The van der Waals surface area contributed by atoms with Crippen LogP contribution in [0, 0.1) is 5.92 Å². The van der Waals surface area contributed by atoms with Gasteiger partial charge in [0.1, 0.15) is 0 Å². The molecule has 0 bridgehead atoms. The van der Waals surface area contributed by atoms with Gasteiger partial charge in [-0.25, -0.2) is 0 Å². The van der Waals surface area contributed by atoms with Gasteiger partial charge in [-0.05, 0) is 20.0 Å². The third-order valence-corrected chi connectivity index (χ3v) is 3.59. The Morgan fingerprint density at radius 3 is 2.47 bits per heavy atom. The minimum Gasteiger partial charge on any atom is -0.335 e. The van der Waals surface area contributed by atoms with E-state index < -0.39 is 17.7 Å². The van der Waals surface area contributed by atoms with Crippen LogP contribution in [0.25, 0.3) is 0 Å². The first-order chi connectivity index (χ1) is 8.01. The molecule has 0 aliphatic carbocycles. The van der Waals surface area contributed by atoms with Crippen LogP contribution in [0.1, 0.15) is 6.42 Å². The molecule has 0 aromatic rings. The predicted octanol–water partition coefficient (Wildman–Crippen LogP) is 0.00520. The van der Waals surface area contributed by atoms with Crippen molar-refractivity contribution < 1.29 is 13.6 Å². The number of carbonyl (C=O) groups excluding carboxylic acids is 1.